The molecule has 0 aliphatic carbocycles. The van der Waals surface area contributed by atoms with Crippen molar-refractivity contribution in [3.63, 3.8) is 0 Å². The van der Waals surface area contributed by atoms with Crippen molar-refractivity contribution >= 4 is 83.7 Å². The molecule has 2 aromatic heterocycles. The minimum atomic E-state index is -4.24. The number of aromatic nitrogens is 2. The molecular formula is C28H29N3O6S4. The maximum absolute atomic E-state index is 13.3. The zero-order chi connectivity index (χ0) is 29.1. The molecule has 2 aromatic carbocycles. The van der Waals surface area contributed by atoms with Crippen molar-refractivity contribution in [3.8, 4) is 0 Å². The molecular weight excluding hydrogens is 603 g/mol. The summed E-state index contributed by atoms with van der Waals surface area (Å²) in [5, 5.41) is 13.4. The van der Waals surface area contributed by atoms with E-state index in [9.17, 15) is 27.7 Å². The number of hydrogen-bond acceptors (Lipinski definition) is 9. The van der Waals surface area contributed by atoms with Crippen LogP contribution in [0.15, 0.2) is 52.3 Å². The second-order valence-electron chi connectivity index (χ2n) is 9.49. The molecule has 5 rings (SSSR count). The third-order valence-corrected chi connectivity index (χ3v) is 10.9. The summed E-state index contributed by atoms with van der Waals surface area (Å²) in [6.07, 6.45) is 5.91. The van der Waals surface area contributed by atoms with E-state index in [1.54, 1.807) is 33.7 Å². The molecule has 9 nitrogen and oxygen atoms in total. The van der Waals surface area contributed by atoms with Gasteiger partial charge in [-0.15, -0.1) is 23.1 Å². The highest BCUT2D eigenvalue weighted by atomic mass is 32.2. The fourth-order valence-corrected chi connectivity index (χ4v) is 8.77. The first-order chi connectivity index (χ1) is 19.6. The highest BCUT2D eigenvalue weighted by Gasteiger charge is 2.22. The summed E-state index contributed by atoms with van der Waals surface area (Å²) in [4.78, 5) is 26.8. The van der Waals surface area contributed by atoms with Gasteiger partial charge in [0, 0.05) is 42.6 Å². The molecule has 0 atom stereocenters. The van der Waals surface area contributed by atoms with Crippen LogP contribution in [0.25, 0.3) is 33.1 Å². The molecule has 4 aromatic rings. The van der Waals surface area contributed by atoms with Gasteiger partial charge in [0.25, 0.3) is 10.6 Å². The van der Waals surface area contributed by atoms with Gasteiger partial charge in [0.2, 0.25) is 5.52 Å². The molecule has 0 bridgehead atoms. The third kappa shape index (κ3) is 6.75. The maximum Gasteiger partial charge on any atom is 0.309 e. The summed E-state index contributed by atoms with van der Waals surface area (Å²) >= 11 is 4.60. The minimum absolute atomic E-state index is 0.0172. The molecule has 0 radical (unpaired) electrons. The van der Waals surface area contributed by atoms with E-state index in [1.807, 2.05) is 52.8 Å². The number of carboxylic acid groups (broad SMARTS) is 1. The predicted molar refractivity (Wildman–Crippen MR) is 165 cm³/mol. The molecule has 0 spiro atoms. The molecule has 216 valence electrons. The average molecular weight is 632 g/mol. The Labute approximate surface area is 249 Å². The molecule has 0 amide bonds. The van der Waals surface area contributed by atoms with E-state index in [0.29, 0.717) is 24.2 Å². The van der Waals surface area contributed by atoms with Gasteiger partial charge in [0.1, 0.15) is 15.8 Å². The van der Waals surface area contributed by atoms with Gasteiger partial charge < -0.3 is 14.6 Å². The van der Waals surface area contributed by atoms with Crippen LogP contribution in [0, 0.1) is 0 Å². The van der Waals surface area contributed by atoms with Crippen LogP contribution >= 0.6 is 34.4 Å². The van der Waals surface area contributed by atoms with Crippen LogP contribution in [0.4, 0.5) is 0 Å². The Bertz CT molecular complexity index is 1940. The lowest BCUT2D eigenvalue weighted by Gasteiger charge is -2.19. The number of rotatable bonds is 10. The number of hydrogen-bond donors (Lipinski definition) is 1. The highest BCUT2D eigenvalue weighted by Crippen LogP contribution is 2.30. The van der Waals surface area contributed by atoms with E-state index < -0.39 is 21.8 Å². The van der Waals surface area contributed by atoms with E-state index >= 15 is 0 Å². The number of aryl methyl sites for hydroxylation is 1. The van der Waals surface area contributed by atoms with Crippen molar-refractivity contribution in [2.24, 2.45) is 0 Å². The molecule has 1 fully saturated rings. The fourth-order valence-electron chi connectivity index (χ4n) is 4.85. The van der Waals surface area contributed by atoms with Crippen molar-refractivity contribution in [1.29, 1.82) is 0 Å². The fraction of sp³-hybridized carbons (Fsp3) is 0.321. The number of carbonyl (C=O) groups is 1. The minimum Gasteiger partial charge on any atom is -0.748 e. The largest absolute Gasteiger partial charge is 0.748 e. The lowest BCUT2D eigenvalue weighted by molar-refractivity contribution is -0.667. The second kappa shape index (κ2) is 12.5. The average Bonchev–Trinajstić information content (AvgIpc) is 3.60. The number of thioether (sulfide) groups is 1. The quantitative estimate of drug-likeness (QED) is 0.209. The van der Waals surface area contributed by atoms with Crippen LogP contribution < -0.4 is 19.3 Å². The van der Waals surface area contributed by atoms with Gasteiger partial charge >= 0.3 is 5.97 Å². The number of aliphatic carboxylic acids is 1. The molecule has 13 heteroatoms. The third-order valence-electron chi connectivity index (χ3n) is 6.79. The lowest BCUT2D eigenvalue weighted by atomic mass is 10.1. The molecule has 41 heavy (non-hydrogen) atoms. The first kappa shape index (κ1) is 29.5. The van der Waals surface area contributed by atoms with Gasteiger partial charge in [-0.25, -0.2) is 8.42 Å². The van der Waals surface area contributed by atoms with Gasteiger partial charge in [-0.05, 0) is 36.9 Å². The number of allylic oxidation sites excluding steroid dienone is 1. The smallest absolute Gasteiger partial charge is 0.309 e. The number of fused-ring (bicyclic) bond motifs is 3. The monoisotopic (exact) mass is 631 g/mol. The normalized spacial score (nSPS) is 16.1. The van der Waals surface area contributed by atoms with Crippen LogP contribution in [0.3, 0.4) is 0 Å². The highest BCUT2D eigenvalue weighted by molar-refractivity contribution is 8.03. The summed E-state index contributed by atoms with van der Waals surface area (Å²) in [5.74, 6) is -0.413. The van der Waals surface area contributed by atoms with Gasteiger partial charge in [-0.2, -0.15) is 4.57 Å². The van der Waals surface area contributed by atoms with E-state index in [2.05, 4.69) is 12.1 Å². The number of thiazole rings is 2. The molecule has 0 saturated carbocycles. The summed E-state index contributed by atoms with van der Waals surface area (Å²) in [5.41, 5.74) is 0.860. The van der Waals surface area contributed by atoms with E-state index in [-0.39, 0.29) is 18.4 Å². The van der Waals surface area contributed by atoms with Gasteiger partial charge in [-0.1, -0.05) is 35.6 Å². The van der Waals surface area contributed by atoms with Crippen LogP contribution in [-0.4, -0.2) is 58.1 Å². The zero-order valence-electron chi connectivity index (χ0n) is 22.3. The summed E-state index contributed by atoms with van der Waals surface area (Å²) in [6.45, 7) is 3.94. The zero-order valence-corrected chi connectivity index (χ0v) is 25.6. The summed E-state index contributed by atoms with van der Waals surface area (Å²) in [6, 6.07) is 12.2. The van der Waals surface area contributed by atoms with Crippen molar-refractivity contribution in [3.05, 3.63) is 72.1 Å². The van der Waals surface area contributed by atoms with Crippen LogP contribution in [0.5, 0.6) is 0 Å². The predicted octanol–water partition coefficient (Wildman–Crippen LogP) is 2.49. The van der Waals surface area contributed by atoms with Crippen molar-refractivity contribution < 1.29 is 27.4 Å². The number of benzene rings is 2. The SMILES string of the molecule is CCn1c(=O)/c(=C/C=C2/SCCN2CCCS(=O)(=O)[O-])s/c1=C/c1sc2c3ccccc3ccc2[n+]1CCC(=O)O. The first-order valence-electron chi connectivity index (χ1n) is 13.1. The van der Waals surface area contributed by atoms with Gasteiger partial charge in [0.15, 0.2) is 6.54 Å². The first-order valence-corrected chi connectivity index (χ1v) is 17.3. The van der Waals surface area contributed by atoms with Crippen molar-refractivity contribution in [2.75, 3.05) is 24.6 Å². The second-order valence-corrected chi connectivity index (χ2v) is 14.2. The van der Waals surface area contributed by atoms with Crippen LogP contribution in [0.2, 0.25) is 0 Å². The van der Waals surface area contributed by atoms with Crippen molar-refractivity contribution in [2.45, 2.75) is 32.9 Å². The molecule has 0 unspecified atom stereocenters. The number of nitrogens with zero attached hydrogens (tertiary/aromatic N) is 3. The standard InChI is InChI=1S/C28H29N3O6S4/c1-2-30-24(39-22(28(30)34)10-11-23-29(15-16-38-23)13-5-17-41(35,36)37)18-25-31(14-12-26(32)33)21-9-8-19-6-3-4-7-20(19)27(21)40-25/h3-4,6-11,18H,2,5,12-17H2,1H3,(H-,32,33,35,36,37)/b22-10-,23-11+. The molecule has 1 aliphatic rings. The summed E-state index contributed by atoms with van der Waals surface area (Å²) in [7, 11) is -4.24. The Kier molecular flexibility index (Phi) is 9.00. The van der Waals surface area contributed by atoms with Crippen LogP contribution in [0.1, 0.15) is 24.8 Å². The topological polar surface area (TPSA) is 124 Å². The lowest BCUT2D eigenvalue weighted by Crippen LogP contribution is -2.37. The van der Waals surface area contributed by atoms with E-state index in [1.165, 1.54) is 11.3 Å². The Morgan fingerprint density at radius 3 is 2.73 bits per heavy atom. The molecule has 1 saturated heterocycles. The Hall–Kier alpha value is -2.97. The Morgan fingerprint density at radius 2 is 1.98 bits per heavy atom. The Balaban J connectivity index is 1.56. The Morgan fingerprint density at radius 1 is 1.17 bits per heavy atom. The molecule has 3 heterocycles. The molecule has 1 N–H and O–H groups in total. The molecule has 1 aliphatic heterocycles. The van der Waals surface area contributed by atoms with E-state index in [0.717, 1.165) is 48.0 Å². The number of carboxylic acids is 1. The van der Waals surface area contributed by atoms with Crippen molar-refractivity contribution in [1.82, 2.24) is 9.47 Å². The van der Waals surface area contributed by atoms with E-state index in [4.69, 9.17) is 0 Å². The van der Waals surface area contributed by atoms with Gasteiger partial charge in [0.05, 0.1) is 25.8 Å². The summed E-state index contributed by atoms with van der Waals surface area (Å²) < 4.78 is 39.0. The van der Waals surface area contributed by atoms with Crippen LogP contribution in [-0.2, 0) is 28.0 Å². The van der Waals surface area contributed by atoms with Gasteiger partial charge in [-0.3, -0.25) is 14.2 Å². The maximum atomic E-state index is 13.3.